The van der Waals surface area contributed by atoms with E-state index < -0.39 is 0 Å². The van der Waals surface area contributed by atoms with E-state index in [2.05, 4.69) is 13.5 Å². The predicted octanol–water partition coefficient (Wildman–Crippen LogP) is 2.75. The lowest BCUT2D eigenvalue weighted by Crippen LogP contribution is -2.15. The Hall–Kier alpha value is -0.300. The average molecular weight is 156 g/mol. The topological polar surface area (TPSA) is 20.2 Å². The van der Waals surface area contributed by atoms with Gasteiger partial charge in [-0.1, -0.05) is 13.0 Å². The lowest BCUT2D eigenvalue weighted by Gasteiger charge is -2.21. The Morgan fingerprint density at radius 1 is 1.27 bits per heavy atom. The summed E-state index contributed by atoms with van der Waals surface area (Å²) in [5, 5.41) is 9.03. The Labute approximate surface area is 70.1 Å². The van der Waals surface area contributed by atoms with Crippen LogP contribution in [0.25, 0.3) is 0 Å². The molecule has 1 heteroatoms. The van der Waals surface area contributed by atoms with Gasteiger partial charge in [-0.25, -0.2) is 0 Å². The molecule has 1 aliphatic rings. The fourth-order valence-electron chi connectivity index (χ4n) is 1.24. The third kappa shape index (κ3) is 6.11. The third-order valence-electron chi connectivity index (χ3n) is 1.99. The molecule has 1 rings (SSSR count). The van der Waals surface area contributed by atoms with Crippen molar-refractivity contribution in [2.45, 2.75) is 45.6 Å². The molecular weight excluding hydrogens is 136 g/mol. The fourth-order valence-corrected chi connectivity index (χ4v) is 1.24. The van der Waals surface area contributed by atoms with Gasteiger partial charge in [0, 0.05) is 0 Å². The van der Waals surface area contributed by atoms with E-state index in [1.54, 1.807) is 6.08 Å². The maximum Gasteiger partial charge on any atom is 0.0540 e. The first-order valence-corrected chi connectivity index (χ1v) is 4.45. The van der Waals surface area contributed by atoms with Gasteiger partial charge < -0.3 is 5.11 Å². The summed E-state index contributed by atoms with van der Waals surface area (Å²) in [6.07, 6.45) is 6.27. The van der Waals surface area contributed by atoms with E-state index in [0.717, 1.165) is 18.8 Å². The van der Waals surface area contributed by atoms with Crippen LogP contribution in [0.3, 0.4) is 0 Å². The van der Waals surface area contributed by atoms with Gasteiger partial charge in [-0.3, -0.25) is 0 Å². The number of hydrogen-bond acceptors (Lipinski definition) is 1. The van der Waals surface area contributed by atoms with E-state index in [-0.39, 0.29) is 6.10 Å². The van der Waals surface area contributed by atoms with Crippen molar-refractivity contribution in [1.82, 2.24) is 0 Å². The van der Waals surface area contributed by atoms with Crippen molar-refractivity contribution in [2.24, 2.45) is 5.92 Å². The zero-order valence-electron chi connectivity index (χ0n) is 7.71. The van der Waals surface area contributed by atoms with Gasteiger partial charge in [-0.2, -0.15) is 0 Å². The Morgan fingerprint density at radius 3 is 1.91 bits per heavy atom. The third-order valence-corrected chi connectivity index (χ3v) is 1.99. The molecule has 0 bridgehead atoms. The number of aliphatic hydroxyl groups excluding tert-OH is 1. The van der Waals surface area contributed by atoms with Crippen molar-refractivity contribution in [2.75, 3.05) is 0 Å². The zero-order chi connectivity index (χ0) is 8.69. The highest BCUT2D eigenvalue weighted by Crippen LogP contribution is 2.22. The van der Waals surface area contributed by atoms with Crippen molar-refractivity contribution in [3.05, 3.63) is 12.7 Å². The minimum atomic E-state index is 0.0196. The van der Waals surface area contributed by atoms with Crippen LogP contribution in [-0.4, -0.2) is 11.2 Å². The molecule has 0 aromatic rings. The zero-order valence-corrected chi connectivity index (χ0v) is 7.71. The van der Waals surface area contributed by atoms with E-state index in [0.29, 0.717) is 0 Å². The highest BCUT2D eigenvalue weighted by atomic mass is 16.3. The summed E-state index contributed by atoms with van der Waals surface area (Å²) in [4.78, 5) is 0. The summed E-state index contributed by atoms with van der Waals surface area (Å²) in [6, 6.07) is 0. The van der Waals surface area contributed by atoms with Crippen LogP contribution in [0.1, 0.15) is 39.5 Å². The number of hydrogen-bond donors (Lipinski definition) is 1. The van der Waals surface area contributed by atoms with E-state index >= 15 is 0 Å². The average Bonchev–Trinajstić information content (AvgIpc) is 1.97. The van der Waals surface area contributed by atoms with E-state index in [1.165, 1.54) is 12.8 Å². The molecule has 0 aromatic carbocycles. The molecule has 0 aliphatic heterocycles. The van der Waals surface area contributed by atoms with Crippen LogP contribution in [0.4, 0.5) is 0 Å². The van der Waals surface area contributed by atoms with Crippen molar-refractivity contribution < 1.29 is 5.11 Å². The highest BCUT2D eigenvalue weighted by molar-refractivity contribution is 4.67. The van der Waals surface area contributed by atoms with Gasteiger partial charge in [-0.15, -0.1) is 6.58 Å². The molecule has 1 N–H and O–H groups in total. The first kappa shape index (κ1) is 10.7. The second kappa shape index (κ2) is 6.41. The van der Waals surface area contributed by atoms with Crippen LogP contribution in [0.15, 0.2) is 12.7 Å². The fraction of sp³-hybridized carbons (Fsp3) is 0.800. The number of allylic oxidation sites excluding steroid dienone is 1. The monoisotopic (exact) mass is 156 g/mol. The summed E-state index contributed by atoms with van der Waals surface area (Å²) < 4.78 is 0. The maximum atomic E-state index is 9.03. The van der Waals surface area contributed by atoms with Crippen LogP contribution < -0.4 is 0 Å². The first-order valence-electron chi connectivity index (χ1n) is 4.45. The predicted molar refractivity (Wildman–Crippen MR) is 49.5 cm³/mol. The van der Waals surface area contributed by atoms with Crippen LogP contribution in [0, 0.1) is 5.92 Å². The highest BCUT2D eigenvalue weighted by Gasteiger charge is 2.14. The normalized spacial score (nSPS) is 30.1. The molecule has 0 radical (unpaired) electrons. The molecule has 0 spiro atoms. The maximum absolute atomic E-state index is 9.03. The van der Waals surface area contributed by atoms with Gasteiger partial charge in [0.05, 0.1) is 6.10 Å². The van der Waals surface area contributed by atoms with Crippen LogP contribution in [-0.2, 0) is 0 Å². The van der Waals surface area contributed by atoms with Gasteiger partial charge in [0.2, 0.25) is 0 Å². The lowest BCUT2D eigenvalue weighted by atomic mass is 9.89. The molecule has 0 unspecified atom stereocenters. The number of rotatable bonds is 0. The quantitative estimate of drug-likeness (QED) is 0.535. The molecule has 0 heterocycles. The molecule has 0 atom stereocenters. The van der Waals surface area contributed by atoms with E-state index in [1.807, 2.05) is 6.92 Å². The molecule has 1 aliphatic carbocycles. The van der Waals surface area contributed by atoms with Crippen LogP contribution in [0.5, 0.6) is 0 Å². The Bertz CT molecular complexity index is 81.0. The lowest BCUT2D eigenvalue weighted by molar-refractivity contribution is 0.112. The molecule has 0 saturated heterocycles. The molecule has 66 valence electrons. The summed E-state index contributed by atoms with van der Waals surface area (Å²) in [6.45, 7) is 7.51. The second-order valence-electron chi connectivity index (χ2n) is 3.32. The first-order chi connectivity index (χ1) is 5.20. The second-order valence-corrected chi connectivity index (χ2v) is 3.32. The van der Waals surface area contributed by atoms with E-state index in [4.69, 9.17) is 5.11 Å². The number of aliphatic hydroxyl groups is 1. The molecule has 11 heavy (non-hydrogen) atoms. The van der Waals surface area contributed by atoms with Crippen molar-refractivity contribution in [3.63, 3.8) is 0 Å². The van der Waals surface area contributed by atoms with Gasteiger partial charge >= 0.3 is 0 Å². The van der Waals surface area contributed by atoms with Gasteiger partial charge in [-0.05, 0) is 38.5 Å². The SMILES string of the molecule is C=CC.CC1CCC(O)CC1. The Morgan fingerprint density at radius 2 is 1.64 bits per heavy atom. The minimum absolute atomic E-state index is 0.0196. The minimum Gasteiger partial charge on any atom is -0.393 e. The molecule has 1 nitrogen and oxygen atoms in total. The summed E-state index contributed by atoms with van der Waals surface area (Å²) >= 11 is 0. The summed E-state index contributed by atoms with van der Waals surface area (Å²) in [5.41, 5.74) is 0. The Balaban J connectivity index is 0.000000292. The smallest absolute Gasteiger partial charge is 0.0540 e. The molecule has 1 fully saturated rings. The van der Waals surface area contributed by atoms with Crippen LogP contribution >= 0.6 is 0 Å². The largest absolute Gasteiger partial charge is 0.393 e. The van der Waals surface area contributed by atoms with Crippen molar-refractivity contribution >= 4 is 0 Å². The standard InChI is InChI=1S/C7H14O.C3H6/c1-6-2-4-7(8)5-3-6;1-3-2/h6-8H,2-5H2,1H3;3H,1H2,2H3. The molecule has 0 amide bonds. The molecule has 1 saturated carbocycles. The van der Waals surface area contributed by atoms with Gasteiger partial charge in [0.25, 0.3) is 0 Å². The van der Waals surface area contributed by atoms with E-state index in [9.17, 15) is 0 Å². The summed E-state index contributed by atoms with van der Waals surface area (Å²) in [5.74, 6) is 0.860. The molecule has 0 aromatic heterocycles. The van der Waals surface area contributed by atoms with Gasteiger partial charge in [0.15, 0.2) is 0 Å². The van der Waals surface area contributed by atoms with Crippen molar-refractivity contribution in [1.29, 1.82) is 0 Å². The molecular formula is C10H20O. The Kier molecular flexibility index (Phi) is 6.24. The summed E-state index contributed by atoms with van der Waals surface area (Å²) in [7, 11) is 0. The van der Waals surface area contributed by atoms with Crippen LogP contribution in [0.2, 0.25) is 0 Å². The van der Waals surface area contributed by atoms with Gasteiger partial charge in [0.1, 0.15) is 0 Å². The van der Waals surface area contributed by atoms with Crippen molar-refractivity contribution in [3.8, 4) is 0 Å².